The molecule has 0 saturated carbocycles. The number of nitrogens with one attached hydrogen (secondary N) is 1. The Morgan fingerprint density at radius 2 is 2.46 bits per heavy atom. The van der Waals surface area contributed by atoms with Crippen molar-refractivity contribution in [2.45, 2.75) is 17.2 Å². The minimum absolute atomic E-state index is 0.00145. The Balaban J connectivity index is 2.42. The summed E-state index contributed by atoms with van der Waals surface area (Å²) in [5, 5.41) is 4.03. The first-order valence-corrected chi connectivity index (χ1v) is 5.05. The Kier molecular flexibility index (Phi) is 2.17. The van der Waals surface area contributed by atoms with Gasteiger partial charge in [0.25, 0.3) is 0 Å². The maximum Gasteiger partial charge on any atom is 0.237 e. The molecule has 1 aliphatic rings. The molecule has 0 saturated heterocycles. The van der Waals surface area contributed by atoms with E-state index in [9.17, 15) is 4.79 Å². The molecule has 0 bridgehead atoms. The summed E-state index contributed by atoms with van der Waals surface area (Å²) in [6.07, 6.45) is 1.58. The van der Waals surface area contributed by atoms with Crippen LogP contribution in [0.1, 0.15) is 6.92 Å². The lowest BCUT2D eigenvalue weighted by molar-refractivity contribution is -0.115. The normalized spacial score (nSPS) is 20.8. The van der Waals surface area contributed by atoms with Crippen molar-refractivity contribution in [1.29, 1.82) is 0 Å². The molecular weight excluding hydrogens is 208 g/mol. The third-order valence-corrected chi connectivity index (χ3v) is 3.06. The van der Waals surface area contributed by atoms with E-state index in [1.807, 2.05) is 6.92 Å². The number of hydrogen-bond acceptors (Lipinski definition) is 3. The number of carbonyl (C=O) groups excluding carboxylic acids is 1. The van der Waals surface area contributed by atoms with E-state index in [4.69, 9.17) is 11.6 Å². The van der Waals surface area contributed by atoms with Crippen molar-refractivity contribution in [2.24, 2.45) is 0 Å². The summed E-state index contributed by atoms with van der Waals surface area (Å²) in [5.41, 5.74) is 0.709. The molecule has 3 nitrogen and oxygen atoms in total. The number of pyridine rings is 1. The van der Waals surface area contributed by atoms with Crippen molar-refractivity contribution >= 4 is 35.0 Å². The molecule has 0 fully saturated rings. The molecule has 1 aliphatic heterocycles. The molecule has 0 aliphatic carbocycles. The van der Waals surface area contributed by atoms with Gasteiger partial charge in [-0.05, 0) is 13.0 Å². The van der Waals surface area contributed by atoms with Crippen LogP contribution in [0.15, 0.2) is 17.3 Å². The Labute approximate surface area is 84.9 Å². The fraction of sp³-hybridized carbons (Fsp3) is 0.250. The number of fused-ring (bicyclic) bond motifs is 1. The third-order valence-electron chi connectivity index (χ3n) is 1.73. The quantitative estimate of drug-likeness (QED) is 0.720. The van der Waals surface area contributed by atoms with Crippen LogP contribution in [0.3, 0.4) is 0 Å². The van der Waals surface area contributed by atoms with Gasteiger partial charge in [0, 0.05) is 6.20 Å². The fourth-order valence-corrected chi connectivity index (χ4v) is 2.07. The van der Waals surface area contributed by atoms with Crippen molar-refractivity contribution in [1.82, 2.24) is 4.98 Å². The highest BCUT2D eigenvalue weighted by Gasteiger charge is 2.23. The summed E-state index contributed by atoms with van der Waals surface area (Å²) in [5.74, 6) is 0.00145. The van der Waals surface area contributed by atoms with Crippen LogP contribution in [-0.4, -0.2) is 16.1 Å². The fourth-order valence-electron chi connectivity index (χ4n) is 1.07. The largest absolute Gasteiger partial charge is 0.323 e. The van der Waals surface area contributed by atoms with Crippen LogP contribution in [0.2, 0.25) is 5.02 Å². The van der Waals surface area contributed by atoms with Gasteiger partial charge in [0.2, 0.25) is 5.91 Å². The molecule has 1 atom stereocenters. The van der Waals surface area contributed by atoms with E-state index in [-0.39, 0.29) is 11.2 Å². The Morgan fingerprint density at radius 3 is 3.23 bits per heavy atom. The SMILES string of the molecule is CC1Sc2ncc(Cl)cc2NC1=O. The Bertz CT molecular complexity index is 369. The molecule has 1 aromatic rings. The first-order chi connectivity index (χ1) is 6.16. The molecule has 5 heteroatoms. The Hall–Kier alpha value is -0.740. The summed E-state index contributed by atoms with van der Waals surface area (Å²) in [7, 11) is 0. The zero-order chi connectivity index (χ0) is 9.42. The van der Waals surface area contributed by atoms with E-state index in [0.717, 1.165) is 5.03 Å². The molecule has 0 aromatic carbocycles. The van der Waals surface area contributed by atoms with E-state index in [1.165, 1.54) is 11.8 Å². The van der Waals surface area contributed by atoms with Crippen molar-refractivity contribution in [2.75, 3.05) is 5.32 Å². The second kappa shape index (κ2) is 3.20. The lowest BCUT2D eigenvalue weighted by Crippen LogP contribution is -2.26. The van der Waals surface area contributed by atoms with Gasteiger partial charge in [0.1, 0.15) is 5.03 Å². The van der Waals surface area contributed by atoms with Crippen molar-refractivity contribution in [3.05, 3.63) is 17.3 Å². The average Bonchev–Trinajstić information content (AvgIpc) is 2.08. The van der Waals surface area contributed by atoms with Gasteiger partial charge in [0.05, 0.1) is 16.0 Å². The number of rotatable bonds is 0. The van der Waals surface area contributed by atoms with Crippen molar-refractivity contribution in [3.63, 3.8) is 0 Å². The van der Waals surface area contributed by atoms with Crippen molar-refractivity contribution < 1.29 is 4.79 Å². The van der Waals surface area contributed by atoms with Crippen LogP contribution in [0, 0.1) is 0 Å². The highest BCUT2D eigenvalue weighted by Crippen LogP contribution is 2.34. The molecule has 0 radical (unpaired) electrons. The lowest BCUT2D eigenvalue weighted by Gasteiger charge is -2.19. The molecule has 1 aromatic heterocycles. The molecule has 68 valence electrons. The number of amides is 1. The van der Waals surface area contributed by atoms with Crippen molar-refractivity contribution in [3.8, 4) is 0 Å². The number of thioether (sulfide) groups is 1. The topological polar surface area (TPSA) is 42.0 Å². The van der Waals surface area contributed by atoms with E-state index in [0.29, 0.717) is 10.7 Å². The molecule has 13 heavy (non-hydrogen) atoms. The average molecular weight is 215 g/mol. The van der Waals surface area contributed by atoms with Gasteiger partial charge >= 0.3 is 0 Å². The van der Waals surface area contributed by atoms with E-state index in [1.54, 1.807) is 12.3 Å². The number of halogens is 1. The van der Waals surface area contributed by atoms with Gasteiger partial charge < -0.3 is 5.32 Å². The number of anilines is 1. The first-order valence-electron chi connectivity index (χ1n) is 3.80. The molecule has 1 N–H and O–H groups in total. The number of carbonyl (C=O) groups is 1. The van der Waals surface area contributed by atoms with Crippen LogP contribution in [0.25, 0.3) is 0 Å². The predicted molar refractivity (Wildman–Crippen MR) is 53.2 cm³/mol. The zero-order valence-corrected chi connectivity index (χ0v) is 8.45. The molecular formula is C8H7ClN2OS. The molecule has 1 unspecified atom stereocenters. The smallest absolute Gasteiger partial charge is 0.237 e. The highest BCUT2D eigenvalue weighted by molar-refractivity contribution is 8.00. The lowest BCUT2D eigenvalue weighted by atomic mass is 10.3. The number of nitrogens with zero attached hydrogens (tertiary/aromatic N) is 1. The van der Waals surface area contributed by atoms with Gasteiger partial charge in [-0.2, -0.15) is 0 Å². The summed E-state index contributed by atoms with van der Waals surface area (Å²) >= 11 is 7.18. The minimum atomic E-state index is -0.0822. The standard InChI is InChI=1S/C8H7ClN2OS/c1-4-7(12)11-6-2-5(9)3-10-8(6)13-4/h2-4H,1H3,(H,11,12). The summed E-state index contributed by atoms with van der Waals surface area (Å²) in [6.45, 7) is 1.85. The summed E-state index contributed by atoms with van der Waals surface area (Å²) < 4.78 is 0. The monoisotopic (exact) mass is 214 g/mol. The maximum absolute atomic E-state index is 11.3. The zero-order valence-electron chi connectivity index (χ0n) is 6.87. The summed E-state index contributed by atoms with van der Waals surface area (Å²) in [6, 6.07) is 1.71. The van der Waals surface area contributed by atoms with Gasteiger partial charge in [0.15, 0.2) is 0 Å². The van der Waals surface area contributed by atoms with E-state index >= 15 is 0 Å². The summed E-state index contributed by atoms with van der Waals surface area (Å²) in [4.78, 5) is 15.4. The van der Waals surface area contributed by atoms with E-state index < -0.39 is 0 Å². The second-order valence-electron chi connectivity index (χ2n) is 2.76. The maximum atomic E-state index is 11.3. The van der Waals surface area contributed by atoms with Crippen LogP contribution < -0.4 is 5.32 Å². The first kappa shape index (κ1) is 8.84. The molecule has 0 spiro atoms. The Morgan fingerprint density at radius 1 is 1.69 bits per heavy atom. The van der Waals surface area contributed by atoms with Crippen LogP contribution in [-0.2, 0) is 4.79 Å². The minimum Gasteiger partial charge on any atom is -0.323 e. The number of hydrogen-bond donors (Lipinski definition) is 1. The molecule has 2 rings (SSSR count). The predicted octanol–water partition coefficient (Wildman–Crippen LogP) is 2.17. The highest BCUT2D eigenvalue weighted by atomic mass is 35.5. The third kappa shape index (κ3) is 1.64. The van der Waals surface area contributed by atoms with Crippen LogP contribution in [0.5, 0.6) is 0 Å². The van der Waals surface area contributed by atoms with Gasteiger partial charge in [-0.15, -0.1) is 0 Å². The molecule has 1 amide bonds. The molecule has 2 heterocycles. The van der Waals surface area contributed by atoms with Crippen LogP contribution >= 0.6 is 23.4 Å². The number of aromatic nitrogens is 1. The van der Waals surface area contributed by atoms with Crippen LogP contribution in [0.4, 0.5) is 5.69 Å². The van der Waals surface area contributed by atoms with Gasteiger partial charge in [-0.25, -0.2) is 4.98 Å². The second-order valence-corrected chi connectivity index (χ2v) is 4.52. The van der Waals surface area contributed by atoms with Gasteiger partial charge in [-0.1, -0.05) is 23.4 Å². The van der Waals surface area contributed by atoms with Gasteiger partial charge in [-0.3, -0.25) is 4.79 Å². The van der Waals surface area contributed by atoms with E-state index in [2.05, 4.69) is 10.3 Å².